The van der Waals surface area contributed by atoms with E-state index in [0.717, 1.165) is 18.2 Å². The van der Waals surface area contributed by atoms with E-state index in [-0.39, 0.29) is 17.1 Å². The van der Waals surface area contributed by atoms with Crippen LogP contribution in [0.1, 0.15) is 24.0 Å². The average Bonchev–Trinajstić information content (AvgIpc) is 2.83. The summed E-state index contributed by atoms with van der Waals surface area (Å²) in [5.41, 5.74) is -1.73. The summed E-state index contributed by atoms with van der Waals surface area (Å²) in [7, 11) is 0. The van der Waals surface area contributed by atoms with E-state index in [1.807, 2.05) is 0 Å². The minimum absolute atomic E-state index is 0.288. The van der Waals surface area contributed by atoms with Gasteiger partial charge in [0.15, 0.2) is 23.0 Å². The molecule has 1 aliphatic rings. The van der Waals surface area contributed by atoms with Crippen LogP contribution >= 0.6 is 0 Å². The molecule has 1 saturated carbocycles. The number of aliphatic carboxylic acids is 1. The summed E-state index contributed by atoms with van der Waals surface area (Å²) >= 11 is 0. The van der Waals surface area contributed by atoms with Gasteiger partial charge in [-0.15, -0.1) is 0 Å². The molecule has 196 valence electrons. The maximum absolute atomic E-state index is 12.4. The smallest absolute Gasteiger partial charge is 0.348 e. The number of carboxylic acid groups (broad SMARTS) is 1. The van der Waals surface area contributed by atoms with Crippen LogP contribution in [0.5, 0.6) is 23.0 Å². The molecule has 37 heavy (non-hydrogen) atoms. The van der Waals surface area contributed by atoms with E-state index in [1.165, 1.54) is 42.5 Å². The van der Waals surface area contributed by atoms with E-state index in [9.17, 15) is 50.1 Å². The molecular formula is C25H24O12. The predicted octanol–water partition coefficient (Wildman–Crippen LogP) is 1.03. The van der Waals surface area contributed by atoms with Crippen molar-refractivity contribution in [3.8, 4) is 23.0 Å². The molecule has 0 aliphatic heterocycles. The lowest BCUT2D eigenvalue weighted by Crippen LogP contribution is -2.58. The predicted molar refractivity (Wildman–Crippen MR) is 125 cm³/mol. The minimum atomic E-state index is -2.34. The molecule has 12 nitrogen and oxygen atoms in total. The molecule has 1 fully saturated rings. The molecule has 3 rings (SSSR count). The molecular weight excluding hydrogens is 492 g/mol. The minimum Gasteiger partial charge on any atom is -0.504 e. The first-order chi connectivity index (χ1) is 17.4. The summed E-state index contributed by atoms with van der Waals surface area (Å²) in [6.45, 7) is 0. The number of rotatable bonds is 7. The van der Waals surface area contributed by atoms with Crippen LogP contribution in [0.2, 0.25) is 0 Å². The van der Waals surface area contributed by atoms with E-state index in [2.05, 4.69) is 0 Å². The molecule has 0 amide bonds. The zero-order valence-electron chi connectivity index (χ0n) is 19.1. The highest BCUT2D eigenvalue weighted by Gasteiger charge is 2.54. The lowest BCUT2D eigenvalue weighted by atomic mass is 9.79. The van der Waals surface area contributed by atoms with Crippen LogP contribution in [-0.2, 0) is 23.9 Å². The van der Waals surface area contributed by atoms with Gasteiger partial charge in [0.25, 0.3) is 0 Å². The number of aliphatic hydroxyl groups is 2. The number of benzene rings is 2. The Morgan fingerprint density at radius 3 is 1.78 bits per heavy atom. The summed E-state index contributed by atoms with van der Waals surface area (Å²) in [5, 5.41) is 68.0. The highest BCUT2D eigenvalue weighted by molar-refractivity contribution is 5.91. The fourth-order valence-corrected chi connectivity index (χ4v) is 3.68. The monoisotopic (exact) mass is 516 g/mol. The maximum atomic E-state index is 12.4. The van der Waals surface area contributed by atoms with Crippen molar-refractivity contribution in [2.24, 2.45) is 0 Å². The number of phenolic OH excluding ortho intramolecular Hbond substituents is 4. The van der Waals surface area contributed by atoms with E-state index < -0.39 is 66.2 Å². The maximum Gasteiger partial charge on any atom is 0.348 e. The lowest BCUT2D eigenvalue weighted by molar-refractivity contribution is -0.207. The number of aromatic hydroxyl groups is 4. The zero-order valence-corrected chi connectivity index (χ0v) is 19.1. The van der Waals surface area contributed by atoms with Gasteiger partial charge in [-0.2, -0.15) is 0 Å². The fourth-order valence-electron chi connectivity index (χ4n) is 3.68. The van der Waals surface area contributed by atoms with Crippen molar-refractivity contribution in [2.45, 2.75) is 36.8 Å². The van der Waals surface area contributed by atoms with Crippen molar-refractivity contribution in [3.05, 3.63) is 59.7 Å². The number of phenols is 4. The largest absolute Gasteiger partial charge is 0.504 e. The molecule has 12 heteroatoms. The van der Waals surface area contributed by atoms with Crippen LogP contribution in [0.3, 0.4) is 0 Å². The fraction of sp³-hybridized carbons (Fsp3) is 0.240. The van der Waals surface area contributed by atoms with E-state index in [0.29, 0.717) is 5.56 Å². The topological polar surface area (TPSA) is 211 Å². The summed E-state index contributed by atoms with van der Waals surface area (Å²) in [4.78, 5) is 36.7. The summed E-state index contributed by atoms with van der Waals surface area (Å²) in [5.74, 6) is -5.41. The van der Waals surface area contributed by atoms with Crippen molar-refractivity contribution < 1.29 is 59.6 Å². The van der Waals surface area contributed by atoms with E-state index >= 15 is 0 Å². The Morgan fingerprint density at radius 1 is 0.784 bits per heavy atom. The molecule has 4 unspecified atom stereocenters. The Hall–Kier alpha value is -4.55. The molecule has 0 radical (unpaired) electrons. The number of aliphatic hydroxyl groups excluding tert-OH is 2. The average molecular weight is 516 g/mol. The standard InChI is InChI=1S/C25H24O12/c26-15-5-1-13(9-17(15)28)3-7-21(31)36-20-12-25(24(34)35,11-19(30)23(20)33)37-22(32)8-4-14-2-6-16(27)18(29)10-14/h1-10,19-20,23,26-30,33H,11-12H2,(H,34,35)/b7-3+,8-4+. The summed E-state index contributed by atoms with van der Waals surface area (Å²) in [6.07, 6.45) is -2.09. The molecule has 2 aromatic carbocycles. The number of hydrogen-bond donors (Lipinski definition) is 7. The molecule has 2 aromatic rings. The quantitative estimate of drug-likeness (QED) is 0.156. The number of ether oxygens (including phenoxy) is 2. The Kier molecular flexibility index (Phi) is 8.05. The molecule has 0 spiro atoms. The van der Waals surface area contributed by atoms with Crippen LogP contribution < -0.4 is 0 Å². The Balaban J connectivity index is 1.73. The van der Waals surface area contributed by atoms with Crippen molar-refractivity contribution in [1.29, 1.82) is 0 Å². The molecule has 4 atom stereocenters. The van der Waals surface area contributed by atoms with Gasteiger partial charge in [0, 0.05) is 25.0 Å². The first kappa shape index (κ1) is 27.0. The Morgan fingerprint density at radius 2 is 1.30 bits per heavy atom. The van der Waals surface area contributed by atoms with Crippen LogP contribution in [-0.4, -0.2) is 77.6 Å². The van der Waals surface area contributed by atoms with Gasteiger partial charge in [0.2, 0.25) is 5.60 Å². The molecule has 0 saturated heterocycles. The zero-order chi connectivity index (χ0) is 27.3. The SMILES string of the molecule is O=C(/C=C/c1ccc(O)c(O)c1)OC1CC(OC(=O)/C=C/c2ccc(O)c(O)c2)(C(=O)O)CC(O)C1O. The third-order valence-corrected chi connectivity index (χ3v) is 5.62. The number of carbonyl (C=O) groups excluding carboxylic acids is 2. The first-order valence-electron chi connectivity index (χ1n) is 10.8. The number of esters is 2. The summed E-state index contributed by atoms with van der Waals surface area (Å²) < 4.78 is 10.2. The van der Waals surface area contributed by atoms with Crippen molar-refractivity contribution >= 4 is 30.1 Å². The van der Waals surface area contributed by atoms with Gasteiger partial charge < -0.3 is 45.2 Å². The van der Waals surface area contributed by atoms with Crippen LogP contribution in [0.4, 0.5) is 0 Å². The Bertz CT molecular complexity index is 1250. The van der Waals surface area contributed by atoms with Crippen LogP contribution in [0, 0.1) is 0 Å². The van der Waals surface area contributed by atoms with Gasteiger partial charge in [0.1, 0.15) is 12.2 Å². The molecule has 1 aliphatic carbocycles. The lowest BCUT2D eigenvalue weighted by Gasteiger charge is -2.41. The van der Waals surface area contributed by atoms with Gasteiger partial charge in [-0.1, -0.05) is 12.1 Å². The van der Waals surface area contributed by atoms with Gasteiger partial charge in [-0.25, -0.2) is 14.4 Å². The van der Waals surface area contributed by atoms with Crippen molar-refractivity contribution in [1.82, 2.24) is 0 Å². The van der Waals surface area contributed by atoms with E-state index in [4.69, 9.17) is 9.47 Å². The van der Waals surface area contributed by atoms with E-state index in [1.54, 1.807) is 0 Å². The molecule has 0 heterocycles. The third kappa shape index (κ3) is 6.57. The van der Waals surface area contributed by atoms with Gasteiger partial charge >= 0.3 is 17.9 Å². The second-order valence-electron chi connectivity index (χ2n) is 8.33. The van der Waals surface area contributed by atoms with Crippen molar-refractivity contribution in [2.75, 3.05) is 0 Å². The van der Waals surface area contributed by atoms with Gasteiger partial charge in [-0.3, -0.25) is 0 Å². The molecule has 7 N–H and O–H groups in total. The Labute approximate surface area is 209 Å². The number of carbonyl (C=O) groups is 3. The molecule has 0 bridgehead atoms. The van der Waals surface area contributed by atoms with Crippen LogP contribution in [0.25, 0.3) is 12.2 Å². The van der Waals surface area contributed by atoms with Gasteiger partial charge in [0.05, 0.1) is 6.10 Å². The highest BCUT2D eigenvalue weighted by atomic mass is 16.6. The van der Waals surface area contributed by atoms with Crippen molar-refractivity contribution in [3.63, 3.8) is 0 Å². The number of hydrogen-bond acceptors (Lipinski definition) is 11. The summed E-state index contributed by atoms with van der Waals surface area (Å²) in [6, 6.07) is 7.44. The second-order valence-corrected chi connectivity index (χ2v) is 8.33. The normalized spacial score (nSPS) is 23.7. The highest BCUT2D eigenvalue weighted by Crippen LogP contribution is 2.35. The first-order valence-corrected chi connectivity index (χ1v) is 10.8. The third-order valence-electron chi connectivity index (χ3n) is 5.62. The van der Waals surface area contributed by atoms with Crippen LogP contribution in [0.15, 0.2) is 48.6 Å². The number of carboxylic acids is 1. The van der Waals surface area contributed by atoms with Gasteiger partial charge in [-0.05, 0) is 47.5 Å². The second kappa shape index (κ2) is 11.0. The molecule has 0 aromatic heterocycles.